The van der Waals surface area contributed by atoms with Crippen molar-refractivity contribution in [2.75, 3.05) is 13.7 Å². The number of amides is 1. The smallest absolute Gasteiger partial charge is 0.260 e. The summed E-state index contributed by atoms with van der Waals surface area (Å²) in [5, 5.41) is 0. The third kappa shape index (κ3) is 3.73. The molecule has 0 unspecified atom stereocenters. The van der Waals surface area contributed by atoms with Gasteiger partial charge in [0.2, 0.25) is 0 Å². The molecule has 2 aromatic rings. The number of benzene rings is 2. The van der Waals surface area contributed by atoms with Crippen LogP contribution in [0.5, 0.6) is 5.75 Å². The summed E-state index contributed by atoms with van der Waals surface area (Å²) in [6.45, 7) is 1.83. The lowest BCUT2D eigenvalue weighted by atomic mass is 10.1. The molecule has 0 fully saturated rings. The molecule has 0 saturated heterocycles. The Morgan fingerprint density at radius 1 is 1.12 bits per heavy atom. The minimum atomic E-state index is -0.0459. The van der Waals surface area contributed by atoms with E-state index in [4.69, 9.17) is 4.74 Å². The second-order valence-corrected chi connectivity index (χ2v) is 6.35. The number of carbonyl (C=O) groups is 2. The zero-order valence-electron chi connectivity index (χ0n) is 14.7. The normalized spacial score (nSPS) is 15.5. The van der Waals surface area contributed by atoms with Crippen molar-refractivity contribution < 1.29 is 14.3 Å². The van der Waals surface area contributed by atoms with Crippen LogP contribution in [0.4, 0.5) is 0 Å². The highest BCUT2D eigenvalue weighted by Gasteiger charge is 2.28. The van der Waals surface area contributed by atoms with Crippen molar-refractivity contribution in [3.05, 3.63) is 65.2 Å². The lowest BCUT2D eigenvalue weighted by Gasteiger charge is -2.25. The highest BCUT2D eigenvalue weighted by Crippen LogP contribution is 2.34. The van der Waals surface area contributed by atoms with Gasteiger partial charge in [0.25, 0.3) is 5.91 Å². The number of ketones is 1. The van der Waals surface area contributed by atoms with Gasteiger partial charge in [-0.05, 0) is 48.2 Å². The zero-order valence-corrected chi connectivity index (χ0v) is 14.7. The Morgan fingerprint density at radius 3 is 2.56 bits per heavy atom. The molecule has 4 nitrogen and oxygen atoms in total. The minimum absolute atomic E-state index is 0.00373. The maximum Gasteiger partial charge on any atom is 0.260 e. The number of rotatable bonds is 6. The summed E-state index contributed by atoms with van der Waals surface area (Å²) in [6, 6.07) is 15.4. The molecule has 1 aliphatic rings. The van der Waals surface area contributed by atoms with Crippen LogP contribution in [0.15, 0.2) is 48.5 Å². The van der Waals surface area contributed by atoms with Crippen LogP contribution in [0, 0.1) is 0 Å². The quantitative estimate of drug-likeness (QED) is 0.753. The van der Waals surface area contributed by atoms with Gasteiger partial charge in [0.15, 0.2) is 12.4 Å². The molecular weight excluding hydrogens is 314 g/mol. The summed E-state index contributed by atoms with van der Waals surface area (Å²) in [5.74, 6) is 0.652. The van der Waals surface area contributed by atoms with Gasteiger partial charge in [0.05, 0.1) is 6.04 Å². The number of hydrogen-bond donors (Lipinski definition) is 0. The highest BCUT2D eigenvalue weighted by atomic mass is 16.5. The Hall–Kier alpha value is -2.62. The molecule has 0 radical (unpaired) electrons. The predicted molar refractivity (Wildman–Crippen MR) is 96.8 cm³/mol. The van der Waals surface area contributed by atoms with Gasteiger partial charge >= 0.3 is 0 Å². The third-order valence-corrected chi connectivity index (χ3v) is 4.82. The molecule has 0 aliphatic heterocycles. The molecule has 1 amide bonds. The SMILES string of the molecule is CCC(=O)c1ccc(OCC(=O)N(C)[C@H]2CCc3ccccc32)cc1. The van der Waals surface area contributed by atoms with Gasteiger partial charge in [-0.25, -0.2) is 0 Å². The van der Waals surface area contributed by atoms with Crippen molar-refractivity contribution >= 4 is 11.7 Å². The van der Waals surface area contributed by atoms with E-state index < -0.39 is 0 Å². The number of aryl methyl sites for hydroxylation is 1. The van der Waals surface area contributed by atoms with Crippen LogP contribution in [0.25, 0.3) is 0 Å². The van der Waals surface area contributed by atoms with Crippen molar-refractivity contribution in [1.82, 2.24) is 4.90 Å². The molecule has 0 spiro atoms. The van der Waals surface area contributed by atoms with E-state index in [1.807, 2.05) is 26.1 Å². The number of ether oxygens (including phenoxy) is 1. The number of carbonyl (C=O) groups excluding carboxylic acids is 2. The summed E-state index contributed by atoms with van der Waals surface area (Å²) in [5.41, 5.74) is 3.23. The van der Waals surface area contributed by atoms with Crippen molar-refractivity contribution in [2.45, 2.75) is 32.2 Å². The molecule has 130 valence electrons. The van der Waals surface area contributed by atoms with Gasteiger partial charge in [-0.1, -0.05) is 31.2 Å². The molecule has 0 bridgehead atoms. The van der Waals surface area contributed by atoms with Crippen molar-refractivity contribution in [2.24, 2.45) is 0 Å². The molecule has 0 saturated carbocycles. The van der Waals surface area contributed by atoms with E-state index in [-0.39, 0.29) is 24.3 Å². The first kappa shape index (κ1) is 17.2. The van der Waals surface area contributed by atoms with Crippen LogP contribution in [0.2, 0.25) is 0 Å². The number of nitrogens with zero attached hydrogens (tertiary/aromatic N) is 1. The molecule has 1 aliphatic carbocycles. The second kappa shape index (κ2) is 7.51. The van der Waals surface area contributed by atoms with Crippen molar-refractivity contribution in [3.63, 3.8) is 0 Å². The fourth-order valence-corrected chi connectivity index (χ4v) is 3.30. The number of Topliss-reactive ketones (excluding diaryl/α,β-unsaturated/α-hetero) is 1. The molecule has 4 heteroatoms. The first-order valence-electron chi connectivity index (χ1n) is 8.69. The van der Waals surface area contributed by atoms with Gasteiger partial charge in [-0.15, -0.1) is 0 Å². The minimum Gasteiger partial charge on any atom is -0.484 e. The average Bonchev–Trinajstić information content (AvgIpc) is 3.09. The van der Waals surface area contributed by atoms with Gasteiger partial charge in [-0.3, -0.25) is 9.59 Å². The average molecular weight is 337 g/mol. The Kier molecular flexibility index (Phi) is 5.17. The Morgan fingerprint density at radius 2 is 1.84 bits per heavy atom. The maximum absolute atomic E-state index is 12.5. The summed E-state index contributed by atoms with van der Waals surface area (Å²) >= 11 is 0. The van der Waals surface area contributed by atoms with Crippen LogP contribution < -0.4 is 4.74 Å². The first-order valence-corrected chi connectivity index (χ1v) is 8.69. The van der Waals surface area contributed by atoms with Crippen LogP contribution in [0.3, 0.4) is 0 Å². The topological polar surface area (TPSA) is 46.6 Å². The van der Waals surface area contributed by atoms with E-state index in [1.165, 1.54) is 11.1 Å². The van der Waals surface area contributed by atoms with Crippen LogP contribution >= 0.6 is 0 Å². The number of fused-ring (bicyclic) bond motifs is 1. The molecule has 3 rings (SSSR count). The number of likely N-dealkylation sites (N-methyl/N-ethyl adjacent to an activating group) is 1. The van der Waals surface area contributed by atoms with Gasteiger partial charge < -0.3 is 9.64 Å². The second-order valence-electron chi connectivity index (χ2n) is 6.35. The fourth-order valence-electron chi connectivity index (χ4n) is 3.30. The zero-order chi connectivity index (χ0) is 17.8. The molecular formula is C21H23NO3. The summed E-state index contributed by atoms with van der Waals surface area (Å²) in [7, 11) is 1.83. The van der Waals surface area contributed by atoms with Gasteiger partial charge in [0, 0.05) is 19.0 Å². The van der Waals surface area contributed by atoms with E-state index in [0.717, 1.165) is 12.8 Å². The monoisotopic (exact) mass is 337 g/mol. The summed E-state index contributed by atoms with van der Waals surface area (Å²) in [4.78, 5) is 25.9. The Bertz CT molecular complexity index is 767. The molecule has 0 N–H and O–H groups in total. The maximum atomic E-state index is 12.5. The van der Waals surface area contributed by atoms with Crippen LogP contribution in [0.1, 0.15) is 47.3 Å². The molecule has 0 heterocycles. The third-order valence-electron chi connectivity index (χ3n) is 4.82. The molecule has 1 atom stereocenters. The predicted octanol–water partition coefficient (Wildman–Crippen LogP) is 3.80. The van der Waals surface area contributed by atoms with Crippen molar-refractivity contribution in [1.29, 1.82) is 0 Å². The van der Waals surface area contributed by atoms with E-state index >= 15 is 0 Å². The van der Waals surface area contributed by atoms with Crippen LogP contribution in [-0.2, 0) is 11.2 Å². The van der Waals surface area contributed by atoms with Crippen molar-refractivity contribution in [3.8, 4) is 5.75 Å². The summed E-state index contributed by atoms with van der Waals surface area (Å²) in [6.07, 6.45) is 2.44. The van der Waals surface area contributed by atoms with Gasteiger partial charge in [0.1, 0.15) is 5.75 Å². The lowest BCUT2D eigenvalue weighted by molar-refractivity contribution is -0.134. The van der Waals surface area contributed by atoms with E-state index in [2.05, 4.69) is 12.1 Å². The lowest BCUT2D eigenvalue weighted by Crippen LogP contribution is -2.34. The molecule has 2 aromatic carbocycles. The fraction of sp³-hybridized carbons (Fsp3) is 0.333. The first-order chi connectivity index (χ1) is 12.1. The largest absolute Gasteiger partial charge is 0.484 e. The highest BCUT2D eigenvalue weighted by molar-refractivity contribution is 5.95. The molecule has 25 heavy (non-hydrogen) atoms. The standard InChI is InChI=1S/C21H23NO3/c1-3-20(23)16-8-11-17(12-9-16)25-14-21(24)22(2)19-13-10-15-6-4-5-7-18(15)19/h4-9,11-12,19H,3,10,13-14H2,1-2H3/t19-/m0/s1. The summed E-state index contributed by atoms with van der Waals surface area (Å²) < 4.78 is 5.60. The van der Waals surface area contributed by atoms with Gasteiger partial charge in [-0.2, -0.15) is 0 Å². The van der Waals surface area contributed by atoms with E-state index in [1.54, 1.807) is 29.2 Å². The molecule has 0 aromatic heterocycles. The number of hydrogen-bond acceptors (Lipinski definition) is 3. The van der Waals surface area contributed by atoms with E-state index in [9.17, 15) is 9.59 Å². The Labute approximate surface area is 148 Å². The van der Waals surface area contributed by atoms with E-state index in [0.29, 0.717) is 17.7 Å². The van der Waals surface area contributed by atoms with Crippen LogP contribution in [-0.4, -0.2) is 30.2 Å². The Balaban J connectivity index is 1.58.